The molecule has 2 aromatic heterocycles. The first kappa shape index (κ1) is 14.2. The molecule has 3 N–H and O–H groups in total. The van der Waals surface area contributed by atoms with Crippen LogP contribution in [0.3, 0.4) is 0 Å². The smallest absolute Gasteiger partial charge is 0.354 e. The predicted molar refractivity (Wildman–Crippen MR) is 71.7 cm³/mol. The normalized spacial score (nSPS) is 11.2. The van der Waals surface area contributed by atoms with E-state index in [1.165, 1.54) is 25.1 Å². The zero-order valence-corrected chi connectivity index (χ0v) is 11.7. The first-order chi connectivity index (χ1) is 9.29. The van der Waals surface area contributed by atoms with Gasteiger partial charge in [-0.3, -0.25) is 9.52 Å². The fourth-order valence-electron chi connectivity index (χ4n) is 1.44. The first-order valence-electron chi connectivity index (χ1n) is 5.22. The summed E-state index contributed by atoms with van der Waals surface area (Å²) in [5, 5.41) is 8.79. The minimum Gasteiger partial charge on any atom is -0.477 e. The molecule has 0 bridgehead atoms. The first-order valence-corrected chi connectivity index (χ1v) is 7.52. The van der Waals surface area contributed by atoms with Crippen molar-refractivity contribution in [2.75, 3.05) is 4.72 Å². The van der Waals surface area contributed by atoms with E-state index in [1.54, 1.807) is 0 Å². The highest BCUT2D eigenvalue weighted by Gasteiger charge is 2.21. The Bertz CT molecular complexity index is 821. The summed E-state index contributed by atoms with van der Waals surface area (Å²) >= 11 is 0.545. The van der Waals surface area contributed by atoms with Crippen molar-refractivity contribution in [2.24, 2.45) is 0 Å². The van der Waals surface area contributed by atoms with Crippen molar-refractivity contribution in [3.05, 3.63) is 39.3 Å². The summed E-state index contributed by atoms with van der Waals surface area (Å²) in [6.45, 7) is 1.45. The van der Waals surface area contributed by atoms with E-state index < -0.39 is 20.9 Å². The Labute approximate surface area is 117 Å². The van der Waals surface area contributed by atoms with Gasteiger partial charge in [-0.1, -0.05) is 17.4 Å². The second kappa shape index (κ2) is 5.06. The van der Waals surface area contributed by atoms with Gasteiger partial charge in [0, 0.05) is 5.69 Å². The van der Waals surface area contributed by atoms with Gasteiger partial charge in [-0.15, -0.1) is 0 Å². The zero-order valence-electron chi connectivity index (χ0n) is 10.1. The van der Waals surface area contributed by atoms with Crippen molar-refractivity contribution in [3.63, 3.8) is 0 Å². The number of rotatable bonds is 4. The number of sulfonamides is 1. The standard InChI is InChI=1S/C10H9N3O5S2/c1-5-9(19-10(16)11-5)20(17,18)13-7-4-2-3-6(12-7)8(14)15/h2-4H,1H3,(H,11,16)(H,12,13)(H,14,15). The molecule has 2 rings (SSSR count). The van der Waals surface area contributed by atoms with Crippen molar-refractivity contribution in [1.29, 1.82) is 0 Å². The van der Waals surface area contributed by atoms with Crippen LogP contribution in [-0.4, -0.2) is 29.5 Å². The van der Waals surface area contributed by atoms with Crippen LogP contribution in [0, 0.1) is 6.92 Å². The van der Waals surface area contributed by atoms with E-state index in [1.807, 2.05) is 0 Å². The van der Waals surface area contributed by atoms with Crippen LogP contribution < -0.4 is 9.60 Å². The number of carboxylic acids is 1. The Kier molecular flexibility index (Phi) is 3.59. The highest BCUT2D eigenvalue weighted by molar-refractivity contribution is 7.94. The number of H-pyrrole nitrogens is 1. The summed E-state index contributed by atoms with van der Waals surface area (Å²) in [5.74, 6) is -1.40. The molecule has 10 heteroatoms. The summed E-state index contributed by atoms with van der Waals surface area (Å²) in [6.07, 6.45) is 0. The second-order valence-corrected chi connectivity index (χ2v) is 6.61. The van der Waals surface area contributed by atoms with Gasteiger partial charge >= 0.3 is 10.8 Å². The van der Waals surface area contributed by atoms with Crippen molar-refractivity contribution in [3.8, 4) is 0 Å². The van der Waals surface area contributed by atoms with E-state index in [9.17, 15) is 18.0 Å². The van der Waals surface area contributed by atoms with Crippen molar-refractivity contribution >= 4 is 33.1 Å². The third-order valence-corrected chi connectivity index (χ3v) is 5.19. The molecule has 8 nitrogen and oxygen atoms in total. The van der Waals surface area contributed by atoms with Crippen LogP contribution in [0.2, 0.25) is 0 Å². The fraction of sp³-hybridized carbons (Fsp3) is 0.100. The largest absolute Gasteiger partial charge is 0.477 e. The Hall–Kier alpha value is -2.20. The van der Waals surface area contributed by atoms with E-state index in [2.05, 4.69) is 14.7 Å². The number of anilines is 1. The van der Waals surface area contributed by atoms with E-state index in [4.69, 9.17) is 5.11 Å². The molecule has 0 fully saturated rings. The monoisotopic (exact) mass is 315 g/mol. The number of nitrogens with zero attached hydrogens (tertiary/aromatic N) is 1. The van der Waals surface area contributed by atoms with Gasteiger partial charge in [0.25, 0.3) is 10.0 Å². The number of carbonyl (C=O) groups is 1. The molecule has 0 aliphatic heterocycles. The van der Waals surface area contributed by atoms with Crippen LogP contribution in [0.15, 0.2) is 27.2 Å². The van der Waals surface area contributed by atoms with Crippen LogP contribution in [0.25, 0.3) is 0 Å². The summed E-state index contributed by atoms with van der Waals surface area (Å²) < 4.78 is 26.1. The maximum Gasteiger partial charge on any atom is 0.354 e. The molecule has 0 radical (unpaired) electrons. The van der Waals surface area contributed by atoms with Gasteiger partial charge in [-0.2, -0.15) is 0 Å². The lowest BCUT2D eigenvalue weighted by atomic mass is 10.3. The summed E-state index contributed by atoms with van der Waals surface area (Å²) in [6, 6.07) is 3.91. The van der Waals surface area contributed by atoms with Crippen LogP contribution in [0.5, 0.6) is 0 Å². The van der Waals surface area contributed by atoms with Gasteiger partial charge in [-0.25, -0.2) is 18.2 Å². The molecule has 0 aliphatic rings. The Morgan fingerprint density at radius 2 is 2.15 bits per heavy atom. The van der Waals surface area contributed by atoms with Crippen LogP contribution >= 0.6 is 11.3 Å². The number of aromatic amines is 1. The molecule has 106 valence electrons. The Balaban J connectivity index is 2.38. The molecule has 0 spiro atoms. The number of hydrogen-bond donors (Lipinski definition) is 3. The van der Waals surface area contributed by atoms with Crippen molar-refractivity contribution in [1.82, 2.24) is 9.97 Å². The molecule has 0 saturated heterocycles. The van der Waals surface area contributed by atoms with Gasteiger partial charge in [-0.05, 0) is 19.1 Å². The fourth-order valence-corrected chi connectivity index (χ4v) is 3.74. The van der Waals surface area contributed by atoms with Crippen LogP contribution in [-0.2, 0) is 10.0 Å². The minimum absolute atomic E-state index is 0.134. The molecule has 0 atom stereocenters. The highest BCUT2D eigenvalue weighted by atomic mass is 32.2. The number of thiazole rings is 1. The molecule has 20 heavy (non-hydrogen) atoms. The zero-order chi connectivity index (χ0) is 14.9. The summed E-state index contributed by atoms with van der Waals surface area (Å²) in [4.78, 5) is 27.4. The van der Waals surface area contributed by atoms with E-state index >= 15 is 0 Å². The minimum atomic E-state index is -3.98. The molecule has 2 aromatic rings. The molecule has 0 saturated carbocycles. The maximum atomic E-state index is 12.1. The summed E-state index contributed by atoms with van der Waals surface area (Å²) in [7, 11) is -3.98. The third-order valence-electron chi connectivity index (χ3n) is 2.23. The molecular formula is C10H9N3O5S2. The second-order valence-electron chi connectivity index (χ2n) is 3.75. The molecule has 0 aliphatic carbocycles. The quantitative estimate of drug-likeness (QED) is 0.759. The number of pyridine rings is 1. The number of nitrogens with one attached hydrogen (secondary N) is 2. The number of aromatic carboxylic acids is 1. The maximum absolute atomic E-state index is 12.1. The molecule has 0 aromatic carbocycles. The molecular weight excluding hydrogens is 306 g/mol. The SMILES string of the molecule is Cc1[nH]c(=O)sc1S(=O)(=O)Nc1cccc(C(=O)O)n1. The summed E-state index contributed by atoms with van der Waals surface area (Å²) in [5.41, 5.74) is -0.0777. The Morgan fingerprint density at radius 1 is 1.45 bits per heavy atom. The van der Waals surface area contributed by atoms with E-state index in [0.717, 1.165) is 0 Å². The number of hydrogen-bond acceptors (Lipinski definition) is 6. The van der Waals surface area contributed by atoms with E-state index in [0.29, 0.717) is 11.3 Å². The van der Waals surface area contributed by atoms with Gasteiger partial charge < -0.3 is 10.1 Å². The topological polar surface area (TPSA) is 129 Å². The van der Waals surface area contributed by atoms with Crippen molar-refractivity contribution in [2.45, 2.75) is 11.1 Å². The van der Waals surface area contributed by atoms with Gasteiger partial charge in [0.2, 0.25) is 0 Å². The van der Waals surface area contributed by atoms with Crippen LogP contribution in [0.4, 0.5) is 5.82 Å². The van der Waals surface area contributed by atoms with Crippen molar-refractivity contribution < 1.29 is 18.3 Å². The molecule has 2 heterocycles. The lowest BCUT2D eigenvalue weighted by Crippen LogP contribution is -2.14. The van der Waals surface area contributed by atoms with Crippen LogP contribution in [0.1, 0.15) is 16.2 Å². The lowest BCUT2D eigenvalue weighted by Gasteiger charge is -2.06. The third kappa shape index (κ3) is 2.86. The Morgan fingerprint density at radius 3 is 2.70 bits per heavy atom. The highest BCUT2D eigenvalue weighted by Crippen LogP contribution is 2.19. The average molecular weight is 315 g/mol. The van der Waals surface area contributed by atoms with Gasteiger partial charge in [0.1, 0.15) is 5.82 Å². The van der Waals surface area contributed by atoms with Gasteiger partial charge in [0.05, 0.1) is 0 Å². The average Bonchev–Trinajstić information content (AvgIpc) is 2.69. The lowest BCUT2D eigenvalue weighted by molar-refractivity contribution is 0.0690. The van der Waals surface area contributed by atoms with E-state index in [-0.39, 0.29) is 21.4 Å². The molecule has 0 unspecified atom stereocenters. The molecule has 0 amide bonds. The number of aromatic nitrogens is 2. The number of carboxylic acid groups (broad SMARTS) is 1. The number of aryl methyl sites for hydroxylation is 1. The van der Waals surface area contributed by atoms with Gasteiger partial charge in [0.15, 0.2) is 9.90 Å². The predicted octanol–water partition coefficient (Wildman–Crippen LogP) is 0.639.